The molecule has 0 saturated heterocycles. The van der Waals surface area contributed by atoms with Crippen molar-refractivity contribution in [3.8, 4) is 0 Å². The topological polar surface area (TPSA) is 155 Å². The van der Waals surface area contributed by atoms with Crippen LogP contribution in [0.2, 0.25) is 0 Å². The molecule has 0 spiro atoms. The van der Waals surface area contributed by atoms with Crippen molar-refractivity contribution in [2.75, 3.05) is 0 Å². The summed E-state index contributed by atoms with van der Waals surface area (Å²) in [4.78, 5) is 34.2. The molecule has 0 aliphatic heterocycles. The summed E-state index contributed by atoms with van der Waals surface area (Å²) >= 11 is 0. The highest BCUT2D eigenvalue weighted by atomic mass is 15.1. The van der Waals surface area contributed by atoms with E-state index in [0.717, 1.165) is 71.2 Å². The maximum atomic E-state index is 4.52. The number of nitrogens with zero attached hydrogens (tertiary/aromatic N) is 12. The molecular formula is C100H68N12. The first-order valence-electron chi connectivity index (χ1n) is 36.8. The summed E-state index contributed by atoms with van der Waals surface area (Å²) in [6.45, 7) is 0. The highest BCUT2D eigenvalue weighted by Crippen LogP contribution is 2.28. The summed E-state index contributed by atoms with van der Waals surface area (Å²) in [6, 6.07) is 121. The average Bonchev–Trinajstić information content (AvgIpc) is 0.865. The zero-order chi connectivity index (χ0) is 75.0. The maximum Gasteiger partial charge on any atom is 0.116 e. The molecule has 0 N–H and O–H groups in total. The van der Waals surface area contributed by atoms with Crippen LogP contribution in [0, 0.1) is 0 Å². The highest BCUT2D eigenvalue weighted by Gasteiger charge is 2.05. The van der Waals surface area contributed by atoms with Crippen LogP contribution in [0.5, 0.6) is 0 Å². The van der Waals surface area contributed by atoms with Gasteiger partial charge >= 0.3 is 0 Å². The number of aromatic nitrogens is 12. The Morgan fingerprint density at radius 1 is 0.143 bits per heavy atom. The van der Waals surface area contributed by atoms with Crippen LogP contribution in [0.25, 0.3) is 174 Å². The largest absolute Gasteiger partial charge is 0.264 e. The van der Waals surface area contributed by atoms with Gasteiger partial charge in [0, 0.05) is 69.5 Å². The molecule has 12 heteroatoms. The first-order valence-corrected chi connectivity index (χ1v) is 36.8. The number of rotatable bonds is 0. The van der Waals surface area contributed by atoms with Crippen LogP contribution < -0.4 is 0 Å². The summed E-state index contributed by atoms with van der Waals surface area (Å²) in [7, 11) is 0. The van der Waals surface area contributed by atoms with Crippen molar-refractivity contribution in [2.24, 2.45) is 0 Å². The lowest BCUT2D eigenvalue weighted by molar-refractivity contribution is 1.05. The van der Waals surface area contributed by atoms with Gasteiger partial charge in [-0.25, -0.2) is 19.9 Å². The summed E-state index contributed by atoms with van der Waals surface area (Å²) < 4.78 is 0. The van der Waals surface area contributed by atoms with Crippen molar-refractivity contribution in [3.63, 3.8) is 0 Å². The molecule has 12 nitrogen and oxygen atoms in total. The second-order valence-electron chi connectivity index (χ2n) is 26.7. The number of para-hydroxylation sites is 4. The molecule has 0 atom stereocenters. The van der Waals surface area contributed by atoms with Crippen LogP contribution >= 0.6 is 0 Å². The molecule has 0 fully saturated rings. The van der Waals surface area contributed by atoms with Crippen molar-refractivity contribution in [2.45, 2.75) is 0 Å². The van der Waals surface area contributed by atoms with E-state index in [4.69, 9.17) is 0 Å². The van der Waals surface area contributed by atoms with Gasteiger partial charge in [-0.05, 0) is 219 Å². The first kappa shape index (κ1) is 69.6. The van der Waals surface area contributed by atoms with E-state index in [1.54, 1.807) is 37.3 Å². The van der Waals surface area contributed by atoms with Gasteiger partial charge in [0.1, 0.15) is 6.33 Å². The molecule has 0 aliphatic carbocycles. The van der Waals surface area contributed by atoms with Crippen LogP contribution in [0.15, 0.2) is 414 Å². The second kappa shape index (κ2) is 33.2. The standard InChI is InChI=1S/C14H10.2C13H9N.5C12H8N2/c1-2-6-12-10-14-8-4-3-7-13(14)9-11(12)5-1;1-2-5-11-9-13-12(6-3-7-14-13)8-10(11)4-1;1-2-4-11-8-13-9-14-6-5-12(13)7-10(11)3-1;1-2-6-10-9(5-1)13-11-7-3-4-8-12(11)14-10;1-2-4-10-6-12-11(5-9(10)3-1)7-13-8-14-12;1-2-4-10-6-12-8-14-13-7-11(12)5-9(10)3-1;1-2-4-10-8-12-11(7-9(10)3-1)13-5-6-14-12;1-2-4-10-8-12-11(5-6-13-14-12)7-9(10)3-1/h1-10H;2*1-9H;5*1-8H. The minimum Gasteiger partial charge on any atom is -0.264 e. The SMILES string of the molecule is c1ccc2cc3ccccc3cc2c1.c1ccc2cc3cnccc3cc2c1.c1ccc2cc3cnncc3cc2c1.c1ccc2cc3ncccc3cc2c1.c1ccc2cc3nccnc3cc2c1.c1ccc2cc3ncncc3cc2c1.c1ccc2cc3nnccc3cc2c1.c1ccc2nc3ccccc3nc2c1. The van der Waals surface area contributed by atoms with Crippen molar-refractivity contribution < 1.29 is 0 Å². The van der Waals surface area contributed by atoms with Gasteiger partial charge in [-0.15, -0.1) is 0 Å². The summed E-state index contributed by atoms with van der Waals surface area (Å²) in [5, 5.41) is 44.0. The van der Waals surface area contributed by atoms with Crippen LogP contribution in [0.1, 0.15) is 0 Å². The lowest BCUT2D eigenvalue weighted by Crippen LogP contribution is -1.85. The second-order valence-corrected chi connectivity index (χ2v) is 26.7. The van der Waals surface area contributed by atoms with E-state index < -0.39 is 0 Å². The fourth-order valence-corrected chi connectivity index (χ4v) is 13.7. The minimum absolute atomic E-state index is 0.950. The molecule has 0 aliphatic rings. The van der Waals surface area contributed by atoms with E-state index in [0.29, 0.717) is 0 Å². The monoisotopic (exact) mass is 1440 g/mol. The molecule has 24 aromatic rings. The smallest absolute Gasteiger partial charge is 0.116 e. The van der Waals surface area contributed by atoms with E-state index in [1.807, 2.05) is 140 Å². The number of benzene rings is 17. The van der Waals surface area contributed by atoms with Crippen molar-refractivity contribution in [3.05, 3.63) is 414 Å². The quantitative estimate of drug-likeness (QED) is 0.133. The van der Waals surface area contributed by atoms with Gasteiger partial charge in [0.15, 0.2) is 0 Å². The van der Waals surface area contributed by atoms with Gasteiger partial charge in [0.25, 0.3) is 0 Å². The average molecular weight is 1440 g/mol. The minimum atomic E-state index is 0.950. The third kappa shape index (κ3) is 16.4. The molecule has 112 heavy (non-hydrogen) atoms. The Kier molecular flexibility index (Phi) is 20.6. The Morgan fingerprint density at radius 2 is 0.411 bits per heavy atom. The molecule has 7 aromatic heterocycles. The van der Waals surface area contributed by atoms with Crippen LogP contribution in [-0.2, 0) is 0 Å². The lowest BCUT2D eigenvalue weighted by Gasteiger charge is -2.00. The van der Waals surface area contributed by atoms with Gasteiger partial charge in [-0.1, -0.05) is 224 Å². The van der Waals surface area contributed by atoms with Gasteiger partial charge < -0.3 is 0 Å². The Labute approximate surface area is 643 Å². The van der Waals surface area contributed by atoms with E-state index >= 15 is 0 Å². The summed E-state index contributed by atoms with van der Waals surface area (Å²) in [5.74, 6) is 0. The first-order chi connectivity index (χ1) is 55.5. The van der Waals surface area contributed by atoms with Crippen molar-refractivity contribution in [1.29, 1.82) is 0 Å². The molecule has 528 valence electrons. The number of hydrogen-bond acceptors (Lipinski definition) is 12. The van der Waals surface area contributed by atoms with Gasteiger partial charge in [-0.2, -0.15) is 20.4 Å². The summed E-state index contributed by atoms with van der Waals surface area (Å²) in [5.41, 5.74) is 8.71. The molecule has 0 bridgehead atoms. The van der Waals surface area contributed by atoms with Gasteiger partial charge in [0.05, 0.1) is 68.2 Å². The summed E-state index contributed by atoms with van der Waals surface area (Å²) in [6.07, 6.45) is 17.7. The van der Waals surface area contributed by atoms with Crippen LogP contribution in [-0.4, -0.2) is 60.3 Å². The molecule has 0 amide bonds. The Morgan fingerprint density at radius 3 is 0.812 bits per heavy atom. The number of fused-ring (bicyclic) bond motifs is 16. The molecule has 7 heterocycles. The van der Waals surface area contributed by atoms with Crippen LogP contribution in [0.4, 0.5) is 0 Å². The van der Waals surface area contributed by atoms with E-state index in [1.165, 1.54) is 102 Å². The highest BCUT2D eigenvalue weighted by molar-refractivity contribution is 6.03. The van der Waals surface area contributed by atoms with Crippen LogP contribution in [0.3, 0.4) is 0 Å². The Hall–Kier alpha value is -15.4. The van der Waals surface area contributed by atoms with Gasteiger partial charge in [-0.3, -0.25) is 19.9 Å². The van der Waals surface area contributed by atoms with Gasteiger partial charge in [0.2, 0.25) is 0 Å². The molecule has 24 rings (SSSR count). The van der Waals surface area contributed by atoms with Crippen molar-refractivity contribution >= 4 is 174 Å². The predicted molar refractivity (Wildman–Crippen MR) is 465 cm³/mol. The lowest BCUT2D eigenvalue weighted by atomic mass is 10.0. The number of hydrogen-bond donors (Lipinski definition) is 0. The predicted octanol–water partition coefficient (Wildman–Crippen LogP) is 24.7. The fourth-order valence-electron chi connectivity index (χ4n) is 13.7. The third-order valence-electron chi connectivity index (χ3n) is 19.3. The zero-order valence-electron chi connectivity index (χ0n) is 60.6. The fraction of sp³-hybridized carbons (Fsp3) is 0. The Balaban J connectivity index is 0.0000000929. The molecule has 0 unspecified atom stereocenters. The molecule has 17 aromatic carbocycles. The number of pyridine rings is 2. The maximum absolute atomic E-state index is 4.52. The Bertz CT molecular complexity index is 5300. The van der Waals surface area contributed by atoms with E-state index in [2.05, 4.69) is 297 Å². The molecular weight excluding hydrogens is 1370 g/mol. The van der Waals surface area contributed by atoms with E-state index in [-0.39, 0.29) is 0 Å². The van der Waals surface area contributed by atoms with E-state index in [9.17, 15) is 0 Å². The normalized spacial score (nSPS) is 10.9. The van der Waals surface area contributed by atoms with Crippen molar-refractivity contribution in [1.82, 2.24) is 60.3 Å². The zero-order valence-corrected chi connectivity index (χ0v) is 60.6. The molecule has 0 radical (unpaired) electrons. The third-order valence-corrected chi connectivity index (χ3v) is 19.3. The molecule has 0 saturated carbocycles.